The molecule has 0 amide bonds. The molecule has 0 aliphatic rings. The highest BCUT2D eigenvalue weighted by Gasteiger charge is 2.02. The van der Waals surface area contributed by atoms with Crippen molar-refractivity contribution in [3.8, 4) is 11.5 Å². The van der Waals surface area contributed by atoms with Gasteiger partial charge < -0.3 is 9.84 Å². The van der Waals surface area contributed by atoms with Crippen molar-refractivity contribution in [1.29, 1.82) is 0 Å². The van der Waals surface area contributed by atoms with Crippen molar-refractivity contribution >= 4 is 0 Å². The fourth-order valence-electron chi connectivity index (χ4n) is 0.908. The van der Waals surface area contributed by atoms with Gasteiger partial charge >= 0.3 is 0 Å². The number of hydrogen-bond acceptors (Lipinski definition) is 2. The zero-order valence-corrected chi connectivity index (χ0v) is 6.88. The number of alkyl halides is 1. The van der Waals surface area contributed by atoms with Gasteiger partial charge in [-0.25, -0.2) is 4.39 Å². The third-order valence-corrected chi connectivity index (χ3v) is 1.59. The highest BCUT2D eigenvalue weighted by molar-refractivity contribution is 5.42. The Morgan fingerprint density at radius 2 is 2.25 bits per heavy atom. The van der Waals surface area contributed by atoms with E-state index in [1.165, 1.54) is 0 Å². The summed E-state index contributed by atoms with van der Waals surface area (Å²) < 4.78 is 16.8. The van der Waals surface area contributed by atoms with Crippen LogP contribution in [0.3, 0.4) is 0 Å². The van der Waals surface area contributed by atoms with Crippen molar-refractivity contribution in [3.05, 3.63) is 23.8 Å². The Balaban J connectivity index is 2.78. The lowest BCUT2D eigenvalue weighted by Gasteiger charge is -2.07. The molecule has 66 valence electrons. The Morgan fingerprint density at radius 3 is 2.92 bits per heavy atom. The van der Waals surface area contributed by atoms with Gasteiger partial charge in [-0.15, -0.1) is 0 Å². The van der Waals surface area contributed by atoms with E-state index in [-0.39, 0.29) is 12.4 Å². The van der Waals surface area contributed by atoms with Crippen LogP contribution in [0.15, 0.2) is 18.2 Å². The average molecular weight is 170 g/mol. The van der Waals surface area contributed by atoms with Crippen LogP contribution in [0, 0.1) is 6.92 Å². The third-order valence-electron chi connectivity index (χ3n) is 1.59. The first-order valence-corrected chi connectivity index (χ1v) is 3.73. The molecular weight excluding hydrogens is 159 g/mol. The van der Waals surface area contributed by atoms with Gasteiger partial charge in [-0.3, -0.25) is 0 Å². The molecule has 0 aliphatic heterocycles. The van der Waals surface area contributed by atoms with Crippen LogP contribution < -0.4 is 4.74 Å². The van der Waals surface area contributed by atoms with Crippen molar-refractivity contribution in [1.82, 2.24) is 0 Å². The molecule has 2 nitrogen and oxygen atoms in total. The molecule has 0 saturated heterocycles. The maximum absolute atomic E-state index is 11.7. The predicted octanol–water partition coefficient (Wildman–Crippen LogP) is 2.05. The predicted molar refractivity (Wildman–Crippen MR) is 44.3 cm³/mol. The summed E-state index contributed by atoms with van der Waals surface area (Å²) in [4.78, 5) is 0. The largest absolute Gasteiger partial charge is 0.508 e. The lowest BCUT2D eigenvalue weighted by molar-refractivity contribution is 0.270. The number of halogens is 1. The minimum Gasteiger partial charge on any atom is -0.508 e. The number of ether oxygens (including phenoxy) is 1. The molecule has 0 atom stereocenters. The molecule has 0 aromatic heterocycles. The van der Waals surface area contributed by atoms with E-state index in [0.29, 0.717) is 11.3 Å². The van der Waals surface area contributed by atoms with E-state index in [9.17, 15) is 9.50 Å². The molecule has 12 heavy (non-hydrogen) atoms. The topological polar surface area (TPSA) is 29.5 Å². The number of hydrogen-bond donors (Lipinski definition) is 1. The summed E-state index contributed by atoms with van der Waals surface area (Å²) in [5, 5.41) is 9.23. The normalized spacial score (nSPS) is 9.83. The number of benzene rings is 1. The number of rotatable bonds is 3. The van der Waals surface area contributed by atoms with E-state index in [2.05, 4.69) is 0 Å². The van der Waals surface area contributed by atoms with E-state index < -0.39 is 6.67 Å². The second-order valence-electron chi connectivity index (χ2n) is 2.44. The van der Waals surface area contributed by atoms with E-state index in [0.717, 1.165) is 0 Å². The van der Waals surface area contributed by atoms with Gasteiger partial charge in [0, 0.05) is 5.56 Å². The Kier molecular flexibility index (Phi) is 2.91. The molecule has 0 unspecified atom stereocenters. The first-order chi connectivity index (χ1) is 5.75. The van der Waals surface area contributed by atoms with Crippen LogP contribution in [0.4, 0.5) is 4.39 Å². The van der Waals surface area contributed by atoms with Gasteiger partial charge in [0.25, 0.3) is 0 Å². The van der Waals surface area contributed by atoms with E-state index in [1.807, 2.05) is 0 Å². The van der Waals surface area contributed by atoms with Crippen LogP contribution in [0.2, 0.25) is 0 Å². The van der Waals surface area contributed by atoms with Crippen LogP contribution in [-0.2, 0) is 0 Å². The number of phenols is 1. The van der Waals surface area contributed by atoms with Crippen LogP contribution in [-0.4, -0.2) is 18.4 Å². The standard InChI is InChI=1S/C9H11FO2/c1-7-8(11)3-2-4-9(7)12-6-5-10/h2-4,11H,5-6H2,1H3. The Bertz CT molecular complexity index is 261. The summed E-state index contributed by atoms with van der Waals surface area (Å²) in [5.41, 5.74) is 0.644. The number of aromatic hydroxyl groups is 1. The highest BCUT2D eigenvalue weighted by Crippen LogP contribution is 2.25. The summed E-state index contributed by atoms with van der Waals surface area (Å²) in [6.07, 6.45) is 0. The third kappa shape index (κ3) is 1.87. The molecule has 1 N–H and O–H groups in total. The Morgan fingerprint density at radius 1 is 1.50 bits per heavy atom. The molecule has 0 saturated carbocycles. The average Bonchev–Trinajstić information content (AvgIpc) is 2.08. The van der Waals surface area contributed by atoms with Gasteiger partial charge in [0.05, 0.1) is 0 Å². The minimum atomic E-state index is -0.519. The van der Waals surface area contributed by atoms with Crippen LogP contribution in [0.5, 0.6) is 11.5 Å². The molecule has 0 bridgehead atoms. The lowest BCUT2D eigenvalue weighted by atomic mass is 10.2. The molecule has 0 radical (unpaired) electrons. The first-order valence-electron chi connectivity index (χ1n) is 3.73. The smallest absolute Gasteiger partial charge is 0.126 e. The molecule has 1 aromatic rings. The van der Waals surface area contributed by atoms with E-state index in [4.69, 9.17) is 4.74 Å². The van der Waals surface area contributed by atoms with Crippen LogP contribution in [0.1, 0.15) is 5.56 Å². The quantitative estimate of drug-likeness (QED) is 0.752. The van der Waals surface area contributed by atoms with Crippen molar-refractivity contribution in [2.24, 2.45) is 0 Å². The molecule has 0 aliphatic carbocycles. The maximum atomic E-state index is 11.7. The summed E-state index contributed by atoms with van der Waals surface area (Å²) in [5.74, 6) is 0.707. The first kappa shape index (κ1) is 8.84. The fraction of sp³-hybridized carbons (Fsp3) is 0.333. The molecule has 0 fully saturated rings. The van der Waals surface area contributed by atoms with Crippen molar-refractivity contribution in [3.63, 3.8) is 0 Å². The second kappa shape index (κ2) is 3.95. The Hall–Kier alpha value is -1.25. The van der Waals surface area contributed by atoms with Gasteiger partial charge in [0.2, 0.25) is 0 Å². The molecule has 0 spiro atoms. The molecule has 0 heterocycles. The summed E-state index contributed by atoms with van der Waals surface area (Å²) in [6, 6.07) is 4.93. The van der Waals surface area contributed by atoms with E-state index >= 15 is 0 Å². The SMILES string of the molecule is Cc1c(O)cccc1OCCF. The zero-order valence-electron chi connectivity index (χ0n) is 6.88. The van der Waals surface area contributed by atoms with Gasteiger partial charge in [-0.05, 0) is 19.1 Å². The van der Waals surface area contributed by atoms with Gasteiger partial charge in [-0.2, -0.15) is 0 Å². The summed E-state index contributed by atoms with van der Waals surface area (Å²) >= 11 is 0. The minimum absolute atomic E-state index is 0.0320. The zero-order chi connectivity index (χ0) is 8.97. The molecule has 3 heteroatoms. The molecular formula is C9H11FO2. The molecule has 1 aromatic carbocycles. The fourth-order valence-corrected chi connectivity index (χ4v) is 0.908. The summed E-state index contributed by atoms with van der Waals surface area (Å²) in [7, 11) is 0. The maximum Gasteiger partial charge on any atom is 0.126 e. The van der Waals surface area contributed by atoms with Crippen molar-refractivity contribution < 1.29 is 14.2 Å². The van der Waals surface area contributed by atoms with Crippen LogP contribution >= 0.6 is 0 Å². The second-order valence-corrected chi connectivity index (χ2v) is 2.44. The van der Waals surface area contributed by atoms with Gasteiger partial charge in [-0.1, -0.05) is 6.07 Å². The monoisotopic (exact) mass is 170 g/mol. The Labute approximate surface area is 70.6 Å². The lowest BCUT2D eigenvalue weighted by Crippen LogP contribution is -1.99. The van der Waals surface area contributed by atoms with E-state index in [1.54, 1.807) is 25.1 Å². The van der Waals surface area contributed by atoms with Crippen molar-refractivity contribution in [2.45, 2.75) is 6.92 Å². The number of phenolic OH excluding ortho intramolecular Hbond substituents is 1. The van der Waals surface area contributed by atoms with Gasteiger partial charge in [0.1, 0.15) is 24.8 Å². The molecule has 1 rings (SSSR count). The van der Waals surface area contributed by atoms with Crippen molar-refractivity contribution in [2.75, 3.05) is 13.3 Å². The highest BCUT2D eigenvalue weighted by atomic mass is 19.1. The van der Waals surface area contributed by atoms with Crippen LogP contribution in [0.25, 0.3) is 0 Å². The summed E-state index contributed by atoms with van der Waals surface area (Å²) in [6.45, 7) is 1.24. The van der Waals surface area contributed by atoms with Gasteiger partial charge in [0.15, 0.2) is 0 Å².